The summed E-state index contributed by atoms with van der Waals surface area (Å²) >= 11 is 0. The number of aromatic nitrogens is 2. The topological polar surface area (TPSA) is 85.7 Å². The van der Waals surface area contributed by atoms with Gasteiger partial charge in [0.25, 0.3) is 5.56 Å². The summed E-state index contributed by atoms with van der Waals surface area (Å²) < 4.78 is 12.0. The van der Waals surface area contributed by atoms with E-state index in [4.69, 9.17) is 9.47 Å². The quantitative estimate of drug-likeness (QED) is 0.763. The van der Waals surface area contributed by atoms with Crippen LogP contribution in [0.3, 0.4) is 0 Å². The van der Waals surface area contributed by atoms with Crippen LogP contribution in [-0.4, -0.2) is 48.9 Å². The summed E-state index contributed by atoms with van der Waals surface area (Å²) in [6.07, 6.45) is 0.662. The summed E-state index contributed by atoms with van der Waals surface area (Å²) in [5.41, 5.74) is 1.43. The Labute approximate surface area is 164 Å². The number of aryl methyl sites for hydroxylation is 1. The fourth-order valence-electron chi connectivity index (χ4n) is 3.06. The van der Waals surface area contributed by atoms with E-state index in [-0.39, 0.29) is 18.0 Å². The van der Waals surface area contributed by atoms with E-state index in [0.29, 0.717) is 45.2 Å². The fourth-order valence-corrected chi connectivity index (χ4v) is 3.06. The van der Waals surface area contributed by atoms with Crippen LogP contribution in [0.15, 0.2) is 35.1 Å². The molecule has 0 aliphatic carbocycles. The molecule has 0 saturated carbocycles. The number of carbonyl (C=O) groups excluding carboxylic acids is 1. The molecule has 0 unspecified atom stereocenters. The SMILES string of the molecule is CCc1cc(=O)n(CC(=O)NCc2cccc(OC)c2)c(N2CCOCC2)n1. The van der Waals surface area contributed by atoms with Crippen LogP contribution in [0.5, 0.6) is 5.75 Å². The molecule has 150 valence electrons. The van der Waals surface area contributed by atoms with Gasteiger partial charge in [-0.2, -0.15) is 0 Å². The second kappa shape index (κ2) is 9.36. The molecule has 1 aliphatic rings. The summed E-state index contributed by atoms with van der Waals surface area (Å²) in [6.45, 7) is 4.68. The van der Waals surface area contributed by atoms with E-state index in [1.807, 2.05) is 36.1 Å². The lowest BCUT2D eigenvalue weighted by atomic mass is 10.2. The molecule has 2 heterocycles. The summed E-state index contributed by atoms with van der Waals surface area (Å²) in [7, 11) is 1.60. The highest BCUT2D eigenvalue weighted by atomic mass is 16.5. The van der Waals surface area contributed by atoms with Gasteiger partial charge in [-0.3, -0.25) is 14.2 Å². The predicted octanol–water partition coefficient (Wildman–Crippen LogP) is 0.967. The maximum absolute atomic E-state index is 12.6. The Morgan fingerprint density at radius 2 is 2.07 bits per heavy atom. The molecule has 0 atom stereocenters. The van der Waals surface area contributed by atoms with Crippen LogP contribution < -0.4 is 20.5 Å². The van der Waals surface area contributed by atoms with Crippen molar-refractivity contribution in [2.45, 2.75) is 26.4 Å². The zero-order valence-electron chi connectivity index (χ0n) is 16.3. The van der Waals surface area contributed by atoms with Crippen LogP contribution in [0.4, 0.5) is 5.95 Å². The number of nitrogens with zero attached hydrogens (tertiary/aromatic N) is 3. The highest BCUT2D eigenvalue weighted by Crippen LogP contribution is 2.14. The largest absolute Gasteiger partial charge is 0.497 e. The number of methoxy groups -OCH3 is 1. The molecule has 0 spiro atoms. The molecule has 0 bridgehead atoms. The first-order valence-corrected chi connectivity index (χ1v) is 9.43. The van der Waals surface area contributed by atoms with E-state index < -0.39 is 0 Å². The second-order valence-electron chi connectivity index (χ2n) is 6.55. The van der Waals surface area contributed by atoms with Gasteiger partial charge >= 0.3 is 0 Å². The van der Waals surface area contributed by atoms with Crippen LogP contribution in [0.2, 0.25) is 0 Å². The number of carbonyl (C=O) groups is 1. The third-order valence-corrected chi connectivity index (χ3v) is 4.62. The zero-order valence-corrected chi connectivity index (χ0v) is 16.3. The van der Waals surface area contributed by atoms with Gasteiger partial charge < -0.3 is 19.7 Å². The van der Waals surface area contributed by atoms with Gasteiger partial charge in [0.15, 0.2) is 0 Å². The number of hydrogen-bond donors (Lipinski definition) is 1. The molecule has 3 rings (SSSR count). The Bertz CT molecular complexity index is 875. The van der Waals surface area contributed by atoms with E-state index >= 15 is 0 Å². The third-order valence-electron chi connectivity index (χ3n) is 4.62. The Hall–Kier alpha value is -2.87. The van der Waals surface area contributed by atoms with Crippen LogP contribution in [0.25, 0.3) is 0 Å². The standard InChI is InChI=1S/C20H26N4O4/c1-3-16-12-19(26)24(20(22-16)23-7-9-28-10-8-23)14-18(25)21-13-15-5-4-6-17(11-15)27-2/h4-6,11-12H,3,7-10,13-14H2,1-2H3,(H,21,25). The zero-order chi connectivity index (χ0) is 19.9. The van der Waals surface area contributed by atoms with Crippen molar-refractivity contribution in [2.24, 2.45) is 0 Å². The van der Waals surface area contributed by atoms with Gasteiger partial charge in [-0.1, -0.05) is 19.1 Å². The lowest BCUT2D eigenvalue weighted by Gasteiger charge is -2.29. The molecule has 1 fully saturated rings. The maximum atomic E-state index is 12.6. The average Bonchev–Trinajstić information content (AvgIpc) is 2.74. The van der Waals surface area contributed by atoms with Crippen LogP contribution in [0.1, 0.15) is 18.2 Å². The molecule has 1 amide bonds. The minimum absolute atomic E-state index is 0.0769. The third kappa shape index (κ3) is 4.89. The number of nitrogens with one attached hydrogen (secondary N) is 1. The van der Waals surface area contributed by atoms with Gasteiger partial charge in [-0.05, 0) is 24.1 Å². The number of hydrogen-bond acceptors (Lipinski definition) is 6. The molecule has 8 heteroatoms. The Morgan fingerprint density at radius 3 is 2.79 bits per heavy atom. The smallest absolute Gasteiger partial charge is 0.255 e. The number of anilines is 1. The fraction of sp³-hybridized carbons (Fsp3) is 0.450. The highest BCUT2D eigenvalue weighted by molar-refractivity contribution is 5.76. The predicted molar refractivity (Wildman–Crippen MR) is 106 cm³/mol. The summed E-state index contributed by atoms with van der Waals surface area (Å²) in [4.78, 5) is 31.7. The van der Waals surface area contributed by atoms with Gasteiger partial charge in [0.2, 0.25) is 11.9 Å². The van der Waals surface area contributed by atoms with Crippen molar-refractivity contribution in [3.8, 4) is 5.75 Å². The molecule has 8 nitrogen and oxygen atoms in total. The molecule has 1 aromatic carbocycles. The van der Waals surface area contributed by atoms with E-state index in [1.54, 1.807) is 7.11 Å². The minimum atomic E-state index is -0.245. The average molecular weight is 386 g/mol. The highest BCUT2D eigenvalue weighted by Gasteiger charge is 2.19. The summed E-state index contributed by atoms with van der Waals surface area (Å²) in [5.74, 6) is 1.02. The Balaban J connectivity index is 1.74. The van der Waals surface area contributed by atoms with Crippen molar-refractivity contribution in [1.29, 1.82) is 0 Å². The molecule has 1 aliphatic heterocycles. The van der Waals surface area contributed by atoms with Gasteiger partial charge in [0, 0.05) is 31.4 Å². The lowest BCUT2D eigenvalue weighted by molar-refractivity contribution is -0.121. The van der Waals surface area contributed by atoms with Crippen molar-refractivity contribution in [3.63, 3.8) is 0 Å². The molecular formula is C20H26N4O4. The molecule has 28 heavy (non-hydrogen) atoms. The molecule has 2 aromatic rings. The van der Waals surface area contributed by atoms with Crippen LogP contribution in [-0.2, 0) is 29.0 Å². The van der Waals surface area contributed by atoms with Gasteiger partial charge in [0.1, 0.15) is 12.3 Å². The normalized spacial score (nSPS) is 14.0. The van der Waals surface area contributed by atoms with Crippen molar-refractivity contribution < 1.29 is 14.3 Å². The number of amides is 1. The van der Waals surface area contributed by atoms with E-state index in [1.165, 1.54) is 10.6 Å². The molecule has 1 saturated heterocycles. The van der Waals surface area contributed by atoms with Crippen molar-refractivity contribution in [1.82, 2.24) is 14.9 Å². The minimum Gasteiger partial charge on any atom is -0.497 e. The number of morpholine rings is 1. The Kier molecular flexibility index (Phi) is 6.65. The van der Waals surface area contributed by atoms with Crippen molar-refractivity contribution in [2.75, 3.05) is 38.3 Å². The first-order valence-electron chi connectivity index (χ1n) is 9.43. The van der Waals surface area contributed by atoms with E-state index in [9.17, 15) is 9.59 Å². The van der Waals surface area contributed by atoms with Crippen LogP contribution >= 0.6 is 0 Å². The molecular weight excluding hydrogens is 360 g/mol. The second-order valence-corrected chi connectivity index (χ2v) is 6.55. The molecule has 1 N–H and O–H groups in total. The molecule has 1 aromatic heterocycles. The van der Waals surface area contributed by atoms with Gasteiger partial charge in [-0.15, -0.1) is 0 Å². The maximum Gasteiger partial charge on any atom is 0.255 e. The van der Waals surface area contributed by atoms with Crippen molar-refractivity contribution in [3.05, 3.63) is 51.9 Å². The first-order chi connectivity index (χ1) is 13.6. The van der Waals surface area contributed by atoms with Crippen LogP contribution in [0, 0.1) is 0 Å². The monoisotopic (exact) mass is 386 g/mol. The molecule has 0 radical (unpaired) electrons. The lowest BCUT2D eigenvalue weighted by Crippen LogP contribution is -2.42. The number of rotatable bonds is 7. The number of benzene rings is 1. The van der Waals surface area contributed by atoms with Gasteiger partial charge in [0.05, 0.1) is 20.3 Å². The van der Waals surface area contributed by atoms with E-state index in [2.05, 4.69) is 10.3 Å². The summed E-state index contributed by atoms with van der Waals surface area (Å²) in [5, 5.41) is 2.86. The summed E-state index contributed by atoms with van der Waals surface area (Å²) in [6, 6.07) is 8.99. The number of ether oxygens (including phenoxy) is 2. The first kappa shape index (κ1) is 19.9. The van der Waals surface area contributed by atoms with Gasteiger partial charge in [-0.25, -0.2) is 4.98 Å². The van der Waals surface area contributed by atoms with E-state index in [0.717, 1.165) is 17.0 Å². The Morgan fingerprint density at radius 1 is 1.29 bits per heavy atom. The van der Waals surface area contributed by atoms with Crippen molar-refractivity contribution >= 4 is 11.9 Å².